The van der Waals surface area contributed by atoms with Crippen LogP contribution in [0.3, 0.4) is 0 Å². The van der Waals surface area contributed by atoms with Crippen LogP contribution in [0.5, 0.6) is 0 Å². The SMILES string of the molecule is FC(F)(Br)CCI. The van der Waals surface area contributed by atoms with Gasteiger partial charge in [-0.25, -0.2) is 0 Å². The molecule has 0 aliphatic carbocycles. The fourth-order valence-electron chi connectivity index (χ4n) is 0.107. The van der Waals surface area contributed by atoms with E-state index >= 15 is 0 Å². The molecule has 0 amide bonds. The van der Waals surface area contributed by atoms with Gasteiger partial charge in [0.15, 0.2) is 0 Å². The van der Waals surface area contributed by atoms with Crippen molar-refractivity contribution in [2.75, 3.05) is 4.43 Å². The summed E-state index contributed by atoms with van der Waals surface area (Å²) >= 11 is 4.10. The maximum Gasteiger partial charge on any atom is 0.302 e. The lowest BCUT2D eigenvalue weighted by Crippen LogP contribution is -2.03. The average molecular weight is 285 g/mol. The summed E-state index contributed by atoms with van der Waals surface area (Å²) in [5, 5.41) is 0. The highest BCUT2D eigenvalue weighted by Gasteiger charge is 2.21. The molecule has 0 saturated carbocycles. The van der Waals surface area contributed by atoms with Gasteiger partial charge < -0.3 is 0 Å². The molecular weight excluding hydrogens is 281 g/mol. The van der Waals surface area contributed by atoms with Gasteiger partial charge in [-0.15, -0.1) is 0 Å². The molecule has 0 fully saturated rings. The third kappa shape index (κ3) is 7.07. The van der Waals surface area contributed by atoms with E-state index < -0.39 is 4.83 Å². The van der Waals surface area contributed by atoms with Crippen molar-refractivity contribution in [3.63, 3.8) is 0 Å². The van der Waals surface area contributed by atoms with Crippen LogP contribution in [0.15, 0.2) is 0 Å². The zero-order valence-corrected chi connectivity index (χ0v) is 7.17. The molecule has 0 N–H and O–H groups in total. The van der Waals surface area contributed by atoms with Gasteiger partial charge >= 0.3 is 4.83 Å². The second-order valence-electron chi connectivity index (χ2n) is 1.05. The van der Waals surface area contributed by atoms with Crippen LogP contribution in [-0.2, 0) is 0 Å². The fraction of sp³-hybridized carbons (Fsp3) is 1.00. The Labute approximate surface area is 62.9 Å². The molecule has 0 aromatic rings. The molecule has 0 saturated heterocycles. The standard InChI is InChI=1S/C3H4BrF2I/c4-3(5,6)1-2-7/h1-2H2. The lowest BCUT2D eigenvalue weighted by atomic mass is 10.5. The van der Waals surface area contributed by atoms with Crippen molar-refractivity contribution in [2.24, 2.45) is 0 Å². The van der Waals surface area contributed by atoms with Crippen LogP contribution < -0.4 is 0 Å². The molecule has 0 atom stereocenters. The second kappa shape index (κ2) is 3.17. The monoisotopic (exact) mass is 284 g/mol. The molecule has 4 heteroatoms. The first kappa shape index (κ1) is 8.07. The van der Waals surface area contributed by atoms with Crippen molar-refractivity contribution in [1.82, 2.24) is 0 Å². The molecule has 44 valence electrons. The summed E-state index contributed by atoms with van der Waals surface area (Å²) < 4.78 is 23.8. The maximum absolute atomic E-state index is 11.6. The maximum atomic E-state index is 11.6. The van der Waals surface area contributed by atoms with E-state index in [0.29, 0.717) is 4.43 Å². The largest absolute Gasteiger partial charge is 0.302 e. The molecule has 0 aromatic heterocycles. The van der Waals surface area contributed by atoms with Crippen molar-refractivity contribution in [2.45, 2.75) is 11.3 Å². The van der Waals surface area contributed by atoms with Crippen molar-refractivity contribution >= 4 is 38.5 Å². The molecule has 0 rings (SSSR count). The summed E-state index contributed by atoms with van der Waals surface area (Å²) in [7, 11) is 0. The van der Waals surface area contributed by atoms with Gasteiger partial charge in [-0.1, -0.05) is 22.6 Å². The number of alkyl halides is 4. The molecule has 0 spiro atoms. The van der Waals surface area contributed by atoms with E-state index in [-0.39, 0.29) is 6.42 Å². The Hall–Kier alpha value is 1.07. The van der Waals surface area contributed by atoms with Gasteiger partial charge in [0.2, 0.25) is 0 Å². The molecule has 0 heterocycles. The lowest BCUT2D eigenvalue weighted by Gasteiger charge is -2.02. The minimum Gasteiger partial charge on any atom is -0.194 e. The van der Waals surface area contributed by atoms with Gasteiger partial charge in [-0.2, -0.15) is 8.78 Å². The number of halogens is 4. The quantitative estimate of drug-likeness (QED) is 0.540. The molecule has 0 unspecified atom stereocenters. The second-order valence-corrected chi connectivity index (χ2v) is 3.29. The Morgan fingerprint density at radius 1 is 1.57 bits per heavy atom. The summed E-state index contributed by atoms with van der Waals surface area (Å²) in [6, 6.07) is 0. The summed E-state index contributed by atoms with van der Waals surface area (Å²) in [6.45, 7) is 0. The number of hydrogen-bond donors (Lipinski definition) is 0. The van der Waals surface area contributed by atoms with E-state index in [1.165, 1.54) is 0 Å². The first-order valence-electron chi connectivity index (χ1n) is 1.69. The number of rotatable bonds is 2. The van der Waals surface area contributed by atoms with Crippen LogP contribution in [-0.4, -0.2) is 9.26 Å². The fourth-order valence-corrected chi connectivity index (χ4v) is 1.72. The predicted octanol–water partition coefficient (Wildman–Crippen LogP) is 2.80. The van der Waals surface area contributed by atoms with E-state index in [1.54, 1.807) is 0 Å². The summed E-state index contributed by atoms with van der Waals surface area (Å²) in [4.78, 5) is -2.64. The minimum atomic E-state index is -2.64. The zero-order chi connectivity index (χ0) is 5.91. The van der Waals surface area contributed by atoms with Crippen molar-refractivity contribution in [3.8, 4) is 0 Å². The summed E-state index contributed by atoms with van der Waals surface area (Å²) in [5.41, 5.74) is 0. The Morgan fingerprint density at radius 2 is 2.00 bits per heavy atom. The zero-order valence-electron chi connectivity index (χ0n) is 3.43. The molecule has 0 aliphatic rings. The van der Waals surface area contributed by atoms with Crippen LogP contribution >= 0.6 is 38.5 Å². The first-order valence-corrected chi connectivity index (χ1v) is 4.01. The molecule has 7 heavy (non-hydrogen) atoms. The molecule has 0 nitrogen and oxygen atoms in total. The Bertz CT molecular complexity index is 51.4. The van der Waals surface area contributed by atoms with Crippen LogP contribution in [0.2, 0.25) is 0 Å². The molecule has 0 radical (unpaired) electrons. The van der Waals surface area contributed by atoms with Gasteiger partial charge in [0.25, 0.3) is 0 Å². The topological polar surface area (TPSA) is 0 Å². The van der Waals surface area contributed by atoms with Crippen LogP contribution in [0, 0.1) is 0 Å². The van der Waals surface area contributed by atoms with Crippen molar-refractivity contribution in [1.29, 1.82) is 0 Å². The Balaban J connectivity index is 3.15. The highest BCUT2D eigenvalue weighted by molar-refractivity contribution is 14.1. The third-order valence-electron chi connectivity index (χ3n) is 0.378. The van der Waals surface area contributed by atoms with E-state index in [4.69, 9.17) is 0 Å². The van der Waals surface area contributed by atoms with E-state index in [2.05, 4.69) is 15.9 Å². The van der Waals surface area contributed by atoms with Gasteiger partial charge in [0, 0.05) is 10.8 Å². The van der Waals surface area contributed by atoms with Crippen LogP contribution in [0.1, 0.15) is 6.42 Å². The highest BCUT2D eigenvalue weighted by atomic mass is 127. The van der Waals surface area contributed by atoms with Crippen LogP contribution in [0.25, 0.3) is 0 Å². The normalized spacial score (nSPS) is 12.0. The average Bonchev–Trinajstić information content (AvgIpc) is 1.30. The third-order valence-corrected chi connectivity index (χ3v) is 1.31. The van der Waals surface area contributed by atoms with E-state index in [0.717, 1.165) is 0 Å². The summed E-state index contributed by atoms with van der Waals surface area (Å²) in [6.07, 6.45) is -0.0897. The van der Waals surface area contributed by atoms with Crippen molar-refractivity contribution < 1.29 is 8.78 Å². The van der Waals surface area contributed by atoms with Crippen molar-refractivity contribution in [3.05, 3.63) is 0 Å². The highest BCUT2D eigenvalue weighted by Crippen LogP contribution is 2.26. The minimum absolute atomic E-state index is 0.0897. The smallest absolute Gasteiger partial charge is 0.194 e. The summed E-state index contributed by atoms with van der Waals surface area (Å²) in [5.74, 6) is 0. The molecule has 0 aliphatic heterocycles. The van der Waals surface area contributed by atoms with E-state index in [1.807, 2.05) is 22.6 Å². The predicted molar refractivity (Wildman–Crippen MR) is 37.4 cm³/mol. The Kier molecular flexibility index (Phi) is 3.65. The first-order chi connectivity index (χ1) is 3.06. The lowest BCUT2D eigenvalue weighted by molar-refractivity contribution is 0.113. The molecule has 0 bridgehead atoms. The Morgan fingerprint density at radius 3 is 2.00 bits per heavy atom. The molecular formula is C3H4BrF2I. The number of hydrogen-bond acceptors (Lipinski definition) is 0. The van der Waals surface area contributed by atoms with Gasteiger partial charge in [-0.3, -0.25) is 0 Å². The van der Waals surface area contributed by atoms with E-state index in [9.17, 15) is 8.78 Å². The molecule has 0 aromatic carbocycles. The van der Waals surface area contributed by atoms with Gasteiger partial charge in [-0.05, 0) is 15.9 Å². The van der Waals surface area contributed by atoms with Crippen LogP contribution in [0.4, 0.5) is 8.78 Å². The van der Waals surface area contributed by atoms with Gasteiger partial charge in [0.05, 0.1) is 0 Å². The van der Waals surface area contributed by atoms with Gasteiger partial charge in [0.1, 0.15) is 0 Å².